The van der Waals surface area contributed by atoms with E-state index in [-0.39, 0.29) is 11.6 Å². The molecule has 4 rings (SSSR count). The Balaban J connectivity index is 1.83. The van der Waals surface area contributed by atoms with E-state index in [1.54, 1.807) is 39.2 Å². The summed E-state index contributed by atoms with van der Waals surface area (Å²) >= 11 is 0. The first-order valence-corrected chi connectivity index (χ1v) is 9.74. The monoisotopic (exact) mass is 395 g/mol. The number of aliphatic hydroxyl groups excluding tert-OH is 1. The Bertz CT molecular complexity index is 1100. The van der Waals surface area contributed by atoms with Crippen LogP contribution in [0.1, 0.15) is 38.8 Å². The highest BCUT2D eigenvalue weighted by Crippen LogP contribution is 2.29. The molecule has 2 atom stereocenters. The van der Waals surface area contributed by atoms with Gasteiger partial charge in [0.2, 0.25) is 0 Å². The maximum Gasteiger partial charge on any atom is 0.264 e. The predicted molar refractivity (Wildman–Crippen MR) is 111 cm³/mol. The van der Waals surface area contributed by atoms with Crippen LogP contribution in [-0.2, 0) is 12.6 Å². The van der Waals surface area contributed by atoms with Gasteiger partial charge in [0.1, 0.15) is 16.8 Å². The lowest BCUT2D eigenvalue weighted by Crippen LogP contribution is -2.29. The fourth-order valence-electron chi connectivity index (χ4n) is 3.67. The van der Waals surface area contributed by atoms with E-state index in [1.165, 1.54) is 10.9 Å². The molecule has 29 heavy (non-hydrogen) atoms. The third kappa shape index (κ3) is 3.73. The summed E-state index contributed by atoms with van der Waals surface area (Å²) in [7, 11) is 1.65. The summed E-state index contributed by atoms with van der Waals surface area (Å²) in [6.07, 6.45) is 5.14. The Kier molecular flexibility index (Phi) is 4.84. The standard InChI is InChI=1S/C21H25N5O3/c1-21(2,29)17-8-7-12(10-22-17)14-9-15-18(20(28)26(3)11-23-15)19(25-14)24-13-5-4-6-16(13)27/h7-11,13,16,27,29H,4-6H2,1-3H3,(H,24,25)/t13-,16-/m1/s1. The van der Waals surface area contributed by atoms with Crippen molar-refractivity contribution < 1.29 is 10.2 Å². The van der Waals surface area contributed by atoms with Crippen molar-refractivity contribution in [2.45, 2.75) is 50.9 Å². The second-order valence-electron chi connectivity index (χ2n) is 8.15. The highest BCUT2D eigenvalue weighted by Gasteiger charge is 2.27. The number of anilines is 1. The van der Waals surface area contributed by atoms with Crippen LogP contribution in [0, 0.1) is 0 Å². The van der Waals surface area contributed by atoms with E-state index in [2.05, 4.69) is 20.3 Å². The molecule has 0 aliphatic heterocycles. The van der Waals surface area contributed by atoms with Crippen molar-refractivity contribution in [3.8, 4) is 11.3 Å². The molecule has 0 aromatic carbocycles. The summed E-state index contributed by atoms with van der Waals surface area (Å²) in [6.45, 7) is 3.36. The van der Waals surface area contributed by atoms with Gasteiger partial charge in [-0.05, 0) is 51.3 Å². The van der Waals surface area contributed by atoms with Crippen LogP contribution >= 0.6 is 0 Å². The Morgan fingerprint density at radius 2 is 2.03 bits per heavy atom. The van der Waals surface area contributed by atoms with E-state index in [9.17, 15) is 15.0 Å². The molecule has 8 heteroatoms. The van der Waals surface area contributed by atoms with Crippen LogP contribution in [0.4, 0.5) is 5.82 Å². The summed E-state index contributed by atoms with van der Waals surface area (Å²) in [5.74, 6) is 0.420. The van der Waals surface area contributed by atoms with Gasteiger partial charge in [0, 0.05) is 18.8 Å². The number of nitrogens with one attached hydrogen (secondary N) is 1. The van der Waals surface area contributed by atoms with Gasteiger partial charge in [-0.1, -0.05) is 0 Å². The molecule has 0 unspecified atom stereocenters. The Morgan fingerprint density at radius 3 is 2.66 bits per heavy atom. The molecule has 0 bridgehead atoms. The Morgan fingerprint density at radius 1 is 1.24 bits per heavy atom. The number of hydrogen-bond acceptors (Lipinski definition) is 7. The first-order valence-electron chi connectivity index (χ1n) is 9.74. The largest absolute Gasteiger partial charge is 0.391 e. The van der Waals surface area contributed by atoms with Crippen molar-refractivity contribution in [3.63, 3.8) is 0 Å². The first-order chi connectivity index (χ1) is 13.7. The fourth-order valence-corrected chi connectivity index (χ4v) is 3.67. The number of pyridine rings is 2. The van der Waals surface area contributed by atoms with Crippen LogP contribution in [-0.4, -0.2) is 41.9 Å². The number of hydrogen-bond donors (Lipinski definition) is 3. The van der Waals surface area contributed by atoms with Gasteiger partial charge in [-0.3, -0.25) is 9.78 Å². The average molecular weight is 395 g/mol. The van der Waals surface area contributed by atoms with Gasteiger partial charge in [-0.25, -0.2) is 9.97 Å². The van der Waals surface area contributed by atoms with Crippen LogP contribution in [0.5, 0.6) is 0 Å². The van der Waals surface area contributed by atoms with E-state index in [4.69, 9.17) is 0 Å². The van der Waals surface area contributed by atoms with Gasteiger partial charge in [0.25, 0.3) is 5.56 Å². The predicted octanol–water partition coefficient (Wildman–Crippen LogP) is 1.94. The number of rotatable bonds is 4. The lowest BCUT2D eigenvalue weighted by Gasteiger charge is -2.19. The second-order valence-corrected chi connectivity index (χ2v) is 8.15. The van der Waals surface area contributed by atoms with Gasteiger partial charge in [-0.15, -0.1) is 0 Å². The Labute approximate surface area is 168 Å². The summed E-state index contributed by atoms with van der Waals surface area (Å²) in [4.78, 5) is 26.2. The third-order valence-corrected chi connectivity index (χ3v) is 5.39. The number of aromatic nitrogens is 4. The molecule has 8 nitrogen and oxygen atoms in total. The van der Waals surface area contributed by atoms with Crippen LogP contribution in [0.2, 0.25) is 0 Å². The zero-order valence-corrected chi connectivity index (χ0v) is 16.8. The number of nitrogens with zero attached hydrogens (tertiary/aromatic N) is 4. The molecule has 3 aromatic heterocycles. The summed E-state index contributed by atoms with van der Waals surface area (Å²) in [5, 5.41) is 24.0. The topological polar surface area (TPSA) is 113 Å². The minimum Gasteiger partial charge on any atom is -0.391 e. The zero-order chi connectivity index (χ0) is 20.8. The van der Waals surface area contributed by atoms with E-state index < -0.39 is 11.7 Å². The van der Waals surface area contributed by atoms with Crippen molar-refractivity contribution >= 4 is 16.7 Å². The first kappa shape index (κ1) is 19.5. The molecular weight excluding hydrogens is 370 g/mol. The average Bonchev–Trinajstić information content (AvgIpc) is 3.08. The van der Waals surface area contributed by atoms with E-state index in [1.807, 2.05) is 6.07 Å². The summed E-state index contributed by atoms with van der Waals surface area (Å²) in [6, 6.07) is 5.20. The SMILES string of the molecule is Cn1cnc2cc(-c3ccc(C(C)(C)O)nc3)nc(N[C@@H]3CCC[C@H]3O)c2c1=O. The molecule has 1 fully saturated rings. The quantitative estimate of drug-likeness (QED) is 0.619. The molecule has 0 amide bonds. The van der Waals surface area contributed by atoms with Crippen LogP contribution in [0.25, 0.3) is 22.2 Å². The molecule has 1 aliphatic rings. The number of aryl methyl sites for hydroxylation is 1. The molecule has 1 saturated carbocycles. The second kappa shape index (κ2) is 7.20. The lowest BCUT2D eigenvalue weighted by atomic mass is 10.0. The Hall–Kier alpha value is -2.84. The molecule has 152 valence electrons. The van der Waals surface area contributed by atoms with E-state index in [0.29, 0.717) is 28.1 Å². The molecule has 0 saturated heterocycles. The van der Waals surface area contributed by atoms with Gasteiger partial charge in [-0.2, -0.15) is 0 Å². The normalized spacial score (nSPS) is 19.6. The van der Waals surface area contributed by atoms with E-state index in [0.717, 1.165) is 24.8 Å². The molecule has 0 spiro atoms. The fraction of sp³-hybridized carbons (Fsp3) is 0.429. The molecule has 3 heterocycles. The van der Waals surface area contributed by atoms with Gasteiger partial charge in [0.15, 0.2) is 0 Å². The van der Waals surface area contributed by atoms with Gasteiger partial charge in [0.05, 0.1) is 35.4 Å². The minimum absolute atomic E-state index is 0.151. The molecule has 3 N–H and O–H groups in total. The van der Waals surface area contributed by atoms with Crippen molar-refractivity contribution in [1.29, 1.82) is 0 Å². The van der Waals surface area contributed by atoms with Gasteiger partial charge >= 0.3 is 0 Å². The molecule has 1 aliphatic carbocycles. The number of fused-ring (bicyclic) bond motifs is 1. The zero-order valence-electron chi connectivity index (χ0n) is 16.8. The van der Waals surface area contributed by atoms with Crippen molar-refractivity contribution in [2.75, 3.05) is 5.32 Å². The summed E-state index contributed by atoms with van der Waals surface area (Å²) in [5.41, 5.74) is 1.22. The maximum atomic E-state index is 12.7. The smallest absolute Gasteiger partial charge is 0.264 e. The van der Waals surface area contributed by atoms with E-state index >= 15 is 0 Å². The van der Waals surface area contributed by atoms with Crippen LogP contribution in [0.15, 0.2) is 35.5 Å². The molecule has 3 aromatic rings. The number of aliphatic hydroxyl groups is 2. The third-order valence-electron chi connectivity index (χ3n) is 5.39. The van der Waals surface area contributed by atoms with Crippen LogP contribution < -0.4 is 10.9 Å². The van der Waals surface area contributed by atoms with Crippen molar-refractivity contribution in [3.05, 3.63) is 46.8 Å². The highest BCUT2D eigenvalue weighted by atomic mass is 16.3. The maximum absolute atomic E-state index is 12.7. The lowest BCUT2D eigenvalue weighted by molar-refractivity contribution is 0.0739. The minimum atomic E-state index is -1.03. The van der Waals surface area contributed by atoms with Crippen LogP contribution in [0.3, 0.4) is 0 Å². The van der Waals surface area contributed by atoms with Crippen molar-refractivity contribution in [2.24, 2.45) is 7.05 Å². The molecule has 0 radical (unpaired) electrons. The van der Waals surface area contributed by atoms with Gasteiger partial charge < -0.3 is 20.1 Å². The highest BCUT2D eigenvalue weighted by molar-refractivity contribution is 5.91. The summed E-state index contributed by atoms with van der Waals surface area (Å²) < 4.78 is 1.42. The van der Waals surface area contributed by atoms with Crippen molar-refractivity contribution in [1.82, 2.24) is 19.5 Å². The molecular formula is C21H25N5O3.